The zero-order chi connectivity index (χ0) is 16.4. The summed E-state index contributed by atoms with van der Waals surface area (Å²) in [4.78, 5) is 24.4. The van der Waals surface area contributed by atoms with E-state index in [1.54, 1.807) is 24.3 Å². The van der Waals surface area contributed by atoms with E-state index < -0.39 is 5.97 Å². The number of hydrogen-bond donors (Lipinski definition) is 1. The molecule has 0 spiro atoms. The van der Waals surface area contributed by atoms with Gasteiger partial charge in [-0.05, 0) is 42.5 Å². The summed E-state index contributed by atoms with van der Waals surface area (Å²) in [6.45, 7) is 0. The van der Waals surface area contributed by atoms with Crippen molar-refractivity contribution < 1.29 is 14.7 Å². The molecular formula is C17H12ClNO3S. The summed E-state index contributed by atoms with van der Waals surface area (Å²) >= 11 is 7.44. The number of carbonyl (C=O) groups excluding carboxylic acids is 1. The van der Waals surface area contributed by atoms with Crippen molar-refractivity contribution in [2.45, 2.75) is 6.42 Å². The number of nitrogens with zero attached hydrogens (tertiary/aromatic N) is 1. The largest absolute Gasteiger partial charge is 0.481 e. The molecule has 0 fully saturated rings. The van der Waals surface area contributed by atoms with Gasteiger partial charge in [0.15, 0.2) is 0 Å². The zero-order valence-electron chi connectivity index (χ0n) is 11.9. The van der Waals surface area contributed by atoms with Crippen LogP contribution < -0.4 is 0 Å². The van der Waals surface area contributed by atoms with Crippen molar-refractivity contribution in [2.24, 2.45) is 0 Å². The first kappa shape index (κ1) is 15.5. The maximum absolute atomic E-state index is 12.5. The van der Waals surface area contributed by atoms with Crippen molar-refractivity contribution in [1.82, 2.24) is 4.57 Å². The van der Waals surface area contributed by atoms with Crippen LogP contribution in [-0.4, -0.2) is 21.4 Å². The number of hydrogen-bond acceptors (Lipinski definition) is 3. The molecule has 1 aromatic carbocycles. The van der Waals surface area contributed by atoms with Crippen LogP contribution in [0.15, 0.2) is 54.9 Å². The first-order valence-corrected chi connectivity index (χ1v) is 8.02. The van der Waals surface area contributed by atoms with E-state index in [-0.39, 0.29) is 12.2 Å². The second kappa shape index (κ2) is 6.40. The summed E-state index contributed by atoms with van der Waals surface area (Å²) in [5.74, 6) is -1.12. The van der Waals surface area contributed by atoms with Gasteiger partial charge in [0.25, 0.3) is 0 Å². The molecular weight excluding hydrogens is 334 g/mol. The standard InChI is InChI=1S/C17H12ClNO3S/c18-14-9-11(19-7-1-2-8-19)3-5-13(14)17(22)15-6-4-12(23-15)10-16(20)21/h1-9H,10H2,(H,20,21). The van der Waals surface area contributed by atoms with Crippen LogP contribution in [0.5, 0.6) is 0 Å². The van der Waals surface area contributed by atoms with E-state index in [0.717, 1.165) is 5.69 Å². The molecule has 0 saturated carbocycles. The topological polar surface area (TPSA) is 59.3 Å². The molecule has 0 aliphatic heterocycles. The Balaban J connectivity index is 1.87. The first-order valence-electron chi connectivity index (χ1n) is 6.82. The number of aromatic nitrogens is 1. The van der Waals surface area contributed by atoms with Gasteiger partial charge >= 0.3 is 5.97 Å². The summed E-state index contributed by atoms with van der Waals surface area (Å²) in [6.07, 6.45) is 3.70. The van der Waals surface area contributed by atoms with Gasteiger partial charge in [-0.2, -0.15) is 0 Å². The summed E-state index contributed by atoms with van der Waals surface area (Å²) in [5.41, 5.74) is 1.28. The molecule has 0 saturated heterocycles. The van der Waals surface area contributed by atoms with E-state index in [2.05, 4.69) is 0 Å². The van der Waals surface area contributed by atoms with E-state index in [0.29, 0.717) is 20.3 Å². The molecule has 0 aliphatic carbocycles. The van der Waals surface area contributed by atoms with E-state index in [4.69, 9.17) is 16.7 Å². The number of carboxylic acids is 1. The van der Waals surface area contributed by atoms with E-state index >= 15 is 0 Å². The number of aliphatic carboxylic acids is 1. The first-order chi connectivity index (χ1) is 11.0. The van der Waals surface area contributed by atoms with Crippen molar-refractivity contribution in [1.29, 1.82) is 0 Å². The Hall–Kier alpha value is -2.37. The average molecular weight is 346 g/mol. The van der Waals surface area contributed by atoms with Crippen molar-refractivity contribution >= 4 is 34.7 Å². The number of carboxylic acid groups (broad SMARTS) is 1. The average Bonchev–Trinajstić information content (AvgIpc) is 3.17. The number of thiophene rings is 1. The monoisotopic (exact) mass is 345 g/mol. The Kier molecular flexibility index (Phi) is 4.32. The highest BCUT2D eigenvalue weighted by atomic mass is 35.5. The predicted octanol–water partition coefficient (Wildman–Crippen LogP) is 4.05. The van der Waals surface area contributed by atoms with E-state index in [1.807, 2.05) is 35.2 Å². The van der Waals surface area contributed by atoms with Crippen LogP contribution in [0.4, 0.5) is 0 Å². The fraction of sp³-hybridized carbons (Fsp3) is 0.0588. The van der Waals surface area contributed by atoms with Gasteiger partial charge < -0.3 is 9.67 Å². The van der Waals surface area contributed by atoms with Gasteiger partial charge in [0.1, 0.15) is 0 Å². The van der Waals surface area contributed by atoms with Crippen molar-refractivity contribution in [3.8, 4) is 5.69 Å². The number of ketones is 1. The third-order valence-electron chi connectivity index (χ3n) is 3.31. The fourth-order valence-electron chi connectivity index (χ4n) is 2.23. The fourth-order valence-corrected chi connectivity index (χ4v) is 3.45. The lowest BCUT2D eigenvalue weighted by Crippen LogP contribution is -2.01. The molecule has 1 N–H and O–H groups in total. The van der Waals surface area contributed by atoms with Gasteiger partial charge in [-0.1, -0.05) is 11.6 Å². The van der Waals surface area contributed by atoms with Crippen molar-refractivity contribution in [3.63, 3.8) is 0 Å². The van der Waals surface area contributed by atoms with Crippen molar-refractivity contribution in [3.05, 3.63) is 75.2 Å². The van der Waals surface area contributed by atoms with E-state index in [1.165, 1.54) is 11.3 Å². The minimum absolute atomic E-state index is 0.0851. The molecule has 6 heteroatoms. The zero-order valence-corrected chi connectivity index (χ0v) is 13.5. The maximum atomic E-state index is 12.5. The molecule has 0 unspecified atom stereocenters. The molecule has 0 bridgehead atoms. The lowest BCUT2D eigenvalue weighted by molar-refractivity contribution is -0.136. The second-order valence-corrected chi connectivity index (χ2v) is 6.50. The van der Waals surface area contributed by atoms with Crippen LogP contribution in [0.25, 0.3) is 5.69 Å². The van der Waals surface area contributed by atoms with Gasteiger partial charge in [0.05, 0.1) is 16.3 Å². The third kappa shape index (κ3) is 3.36. The van der Waals surface area contributed by atoms with Gasteiger partial charge in [0, 0.05) is 28.5 Å². The van der Waals surface area contributed by atoms with Crippen LogP contribution in [0.3, 0.4) is 0 Å². The van der Waals surface area contributed by atoms with Crippen LogP contribution in [0.1, 0.15) is 20.1 Å². The molecule has 0 atom stereocenters. The summed E-state index contributed by atoms with van der Waals surface area (Å²) < 4.78 is 1.90. The molecule has 0 aliphatic rings. The molecule has 2 heterocycles. The van der Waals surface area contributed by atoms with Gasteiger partial charge in [-0.15, -0.1) is 11.3 Å². The maximum Gasteiger partial charge on any atom is 0.308 e. The number of rotatable bonds is 5. The van der Waals surface area contributed by atoms with Crippen LogP contribution in [0.2, 0.25) is 5.02 Å². The SMILES string of the molecule is O=C(O)Cc1ccc(C(=O)c2ccc(-n3cccc3)cc2Cl)s1. The van der Waals surface area contributed by atoms with Crippen LogP contribution >= 0.6 is 22.9 Å². The van der Waals surface area contributed by atoms with Gasteiger partial charge in [-0.25, -0.2) is 0 Å². The second-order valence-electron chi connectivity index (χ2n) is 4.92. The Labute approximate surface area is 141 Å². The Morgan fingerprint density at radius 1 is 1.13 bits per heavy atom. The molecule has 23 heavy (non-hydrogen) atoms. The van der Waals surface area contributed by atoms with Gasteiger partial charge in [-0.3, -0.25) is 9.59 Å². The Morgan fingerprint density at radius 3 is 2.52 bits per heavy atom. The van der Waals surface area contributed by atoms with E-state index in [9.17, 15) is 9.59 Å². The lowest BCUT2D eigenvalue weighted by Gasteiger charge is -2.07. The quantitative estimate of drug-likeness (QED) is 0.710. The molecule has 2 aromatic heterocycles. The highest BCUT2D eigenvalue weighted by Gasteiger charge is 2.16. The molecule has 116 valence electrons. The minimum Gasteiger partial charge on any atom is -0.481 e. The molecule has 3 aromatic rings. The molecule has 3 rings (SSSR count). The smallest absolute Gasteiger partial charge is 0.308 e. The summed E-state index contributed by atoms with van der Waals surface area (Å²) in [7, 11) is 0. The Morgan fingerprint density at radius 2 is 1.87 bits per heavy atom. The van der Waals surface area contributed by atoms with Crippen molar-refractivity contribution in [2.75, 3.05) is 0 Å². The summed E-state index contributed by atoms with van der Waals surface area (Å²) in [5, 5.41) is 9.17. The number of benzene rings is 1. The molecule has 0 radical (unpaired) electrons. The normalized spacial score (nSPS) is 10.7. The molecule has 0 amide bonds. The number of carbonyl (C=O) groups is 2. The Bertz CT molecular complexity index is 868. The van der Waals surface area contributed by atoms with Crippen LogP contribution in [-0.2, 0) is 11.2 Å². The predicted molar refractivity (Wildman–Crippen MR) is 89.9 cm³/mol. The summed E-state index contributed by atoms with van der Waals surface area (Å²) in [6, 6.07) is 12.4. The highest BCUT2D eigenvalue weighted by molar-refractivity contribution is 7.14. The highest BCUT2D eigenvalue weighted by Crippen LogP contribution is 2.26. The minimum atomic E-state index is -0.917. The van der Waals surface area contributed by atoms with Crippen LogP contribution in [0, 0.1) is 0 Å². The lowest BCUT2D eigenvalue weighted by atomic mass is 10.1. The number of halogens is 1. The molecule has 4 nitrogen and oxygen atoms in total. The third-order valence-corrected chi connectivity index (χ3v) is 4.71. The van der Waals surface area contributed by atoms with Gasteiger partial charge in [0.2, 0.25) is 5.78 Å².